The van der Waals surface area contributed by atoms with Crippen molar-refractivity contribution < 1.29 is 25.8 Å². The molecule has 0 N–H and O–H groups in total. The van der Waals surface area contributed by atoms with E-state index in [1.54, 1.807) is 18.6 Å². The van der Waals surface area contributed by atoms with E-state index in [1.807, 2.05) is 90.2 Å². The van der Waals surface area contributed by atoms with Gasteiger partial charge in [0, 0.05) is 62.0 Å². The Hall–Kier alpha value is -4.87. The number of benzene rings is 3. The fourth-order valence-corrected chi connectivity index (χ4v) is 5.14. The van der Waals surface area contributed by atoms with Gasteiger partial charge in [-0.15, -0.1) is 30.3 Å². The van der Waals surface area contributed by atoms with Gasteiger partial charge in [-0.1, -0.05) is 47.1 Å². The van der Waals surface area contributed by atoms with E-state index in [9.17, 15) is 0 Å². The van der Waals surface area contributed by atoms with Crippen LogP contribution in [0.5, 0.6) is 11.5 Å². The summed E-state index contributed by atoms with van der Waals surface area (Å²) in [5.74, 6) is 2.88. The molecule has 1 aliphatic rings. The third-order valence-electron chi connectivity index (χ3n) is 6.83. The molecule has 196 valence electrons. The molecule has 0 atom stereocenters. The summed E-state index contributed by atoms with van der Waals surface area (Å²) < 4.78 is 10.4. The van der Waals surface area contributed by atoms with E-state index >= 15 is 0 Å². The molecule has 0 unspecified atom stereocenters. The third-order valence-corrected chi connectivity index (χ3v) is 6.83. The smallest absolute Gasteiger partial charge is 0.135 e. The minimum absolute atomic E-state index is 0. The average Bonchev–Trinajstić information content (AvgIpc) is 3.60. The topological polar surface area (TPSA) is 61.0 Å². The van der Waals surface area contributed by atoms with E-state index in [2.05, 4.69) is 48.7 Å². The second-order valence-corrected chi connectivity index (χ2v) is 9.14. The molecule has 7 aromatic rings. The molecule has 40 heavy (non-hydrogen) atoms. The zero-order chi connectivity index (χ0) is 25.8. The van der Waals surface area contributed by atoms with Crippen LogP contribution in [0.3, 0.4) is 0 Å². The summed E-state index contributed by atoms with van der Waals surface area (Å²) in [5.41, 5.74) is 5.65. The maximum atomic E-state index is 6.32. The van der Waals surface area contributed by atoms with Crippen LogP contribution in [-0.2, 0) is 21.1 Å². The van der Waals surface area contributed by atoms with Gasteiger partial charge in [0.25, 0.3) is 0 Å². The summed E-state index contributed by atoms with van der Waals surface area (Å²) in [4.78, 5) is 15.8. The van der Waals surface area contributed by atoms with Crippen molar-refractivity contribution >= 4 is 33.3 Å². The number of rotatable bonds is 4. The molecule has 4 aromatic heterocycles. The summed E-state index contributed by atoms with van der Waals surface area (Å²) in [6, 6.07) is 34.8. The van der Waals surface area contributed by atoms with Crippen LogP contribution in [0, 0.1) is 18.8 Å². The molecule has 0 fully saturated rings. The molecule has 0 amide bonds. The summed E-state index contributed by atoms with van der Waals surface area (Å²) >= 11 is 0. The van der Waals surface area contributed by atoms with Gasteiger partial charge < -0.3 is 23.8 Å². The minimum Gasteiger partial charge on any atom is -0.509 e. The van der Waals surface area contributed by atoms with Crippen molar-refractivity contribution in [3.05, 3.63) is 129 Å². The molecule has 8 rings (SSSR count). The molecule has 8 heteroatoms. The third kappa shape index (κ3) is 3.86. The fourth-order valence-electron chi connectivity index (χ4n) is 5.14. The summed E-state index contributed by atoms with van der Waals surface area (Å²) in [6.07, 6.45) is 7.34. The number of hydrogen-bond acceptors (Lipinski definition) is 5. The molecule has 5 heterocycles. The second-order valence-electron chi connectivity index (χ2n) is 9.14. The van der Waals surface area contributed by atoms with E-state index in [0.717, 1.165) is 50.5 Å². The van der Waals surface area contributed by atoms with Crippen molar-refractivity contribution in [2.24, 2.45) is 0 Å². The van der Waals surface area contributed by atoms with E-state index < -0.39 is 0 Å². The van der Waals surface area contributed by atoms with Crippen LogP contribution < -0.4 is 9.64 Å². The number of aromatic nitrogens is 5. The number of nitrogens with zero attached hydrogens (tertiary/aromatic N) is 6. The van der Waals surface area contributed by atoms with Crippen molar-refractivity contribution in [2.75, 3.05) is 4.90 Å². The first-order valence-corrected chi connectivity index (χ1v) is 12.5. The number of para-hydroxylation sites is 1. The Labute approximate surface area is 244 Å². The molecule has 0 radical (unpaired) electrons. The van der Waals surface area contributed by atoms with E-state index in [1.165, 1.54) is 0 Å². The van der Waals surface area contributed by atoms with Gasteiger partial charge in [-0.25, -0.2) is 4.98 Å². The number of anilines is 2. The van der Waals surface area contributed by atoms with Crippen molar-refractivity contribution in [1.82, 2.24) is 24.1 Å². The van der Waals surface area contributed by atoms with Gasteiger partial charge in [0.15, 0.2) is 0 Å². The van der Waals surface area contributed by atoms with Crippen LogP contribution >= 0.6 is 0 Å². The first kappa shape index (κ1) is 24.2. The minimum atomic E-state index is 0. The van der Waals surface area contributed by atoms with Crippen LogP contribution in [0.2, 0.25) is 0 Å². The molecule has 3 aromatic carbocycles. The van der Waals surface area contributed by atoms with Crippen LogP contribution in [0.1, 0.15) is 0 Å². The predicted octanol–water partition coefficient (Wildman–Crippen LogP) is 6.95. The van der Waals surface area contributed by atoms with Gasteiger partial charge in [-0.3, -0.25) is 4.98 Å². The van der Waals surface area contributed by atoms with Gasteiger partial charge in [-0.05, 0) is 48.8 Å². The molecule has 0 bridgehead atoms. The predicted molar refractivity (Wildman–Crippen MR) is 150 cm³/mol. The molecule has 7 nitrogen and oxygen atoms in total. The molecular weight excluding hydrogens is 679 g/mol. The van der Waals surface area contributed by atoms with Crippen molar-refractivity contribution in [3.8, 4) is 28.7 Å². The zero-order valence-electron chi connectivity index (χ0n) is 20.9. The Morgan fingerprint density at radius 3 is 2.52 bits per heavy atom. The Morgan fingerprint density at radius 1 is 0.725 bits per heavy atom. The first-order valence-electron chi connectivity index (χ1n) is 12.5. The fraction of sp³-hybridized carbons (Fsp3) is 0. The normalized spacial score (nSPS) is 11.9. The van der Waals surface area contributed by atoms with Crippen molar-refractivity contribution in [2.45, 2.75) is 0 Å². The molecule has 0 spiro atoms. The molecule has 0 aliphatic carbocycles. The Morgan fingerprint density at radius 2 is 1.60 bits per heavy atom. The van der Waals surface area contributed by atoms with E-state index in [0.29, 0.717) is 11.5 Å². The first-order chi connectivity index (χ1) is 19.3. The number of hydrogen-bond donors (Lipinski definition) is 0. The monoisotopic (exact) mass is 698 g/mol. The number of imidazole rings is 1. The van der Waals surface area contributed by atoms with Gasteiger partial charge >= 0.3 is 0 Å². The van der Waals surface area contributed by atoms with Crippen LogP contribution in [0.4, 0.5) is 11.4 Å². The molecule has 0 saturated heterocycles. The van der Waals surface area contributed by atoms with E-state index in [4.69, 9.17) is 4.74 Å². The summed E-state index contributed by atoms with van der Waals surface area (Å²) in [7, 11) is 0. The van der Waals surface area contributed by atoms with Gasteiger partial charge in [-0.2, -0.15) is 12.1 Å². The van der Waals surface area contributed by atoms with Crippen LogP contribution in [0.25, 0.3) is 39.1 Å². The molecule has 1 aliphatic heterocycles. The summed E-state index contributed by atoms with van der Waals surface area (Å²) in [5, 5.41) is 0.983. The number of pyridine rings is 2. The zero-order valence-corrected chi connectivity index (χ0v) is 23.1. The molecular formula is C32H19N6OPt-3. The van der Waals surface area contributed by atoms with Gasteiger partial charge in [0.05, 0.1) is 5.52 Å². The average molecular weight is 699 g/mol. The maximum Gasteiger partial charge on any atom is 0.135 e. The van der Waals surface area contributed by atoms with Crippen LogP contribution in [0.15, 0.2) is 110 Å². The molecule has 0 saturated carbocycles. The largest absolute Gasteiger partial charge is 0.509 e. The Balaban J connectivity index is 0.00000264. The SMILES string of the molecule is [Pt].[c-]1c(Oc2[c-]c3c(cc2)c2ncccc2n3-c2ccccn2)cccc1N1[CH-]n2ccnc2-c2ccccc21. The van der Waals surface area contributed by atoms with Crippen molar-refractivity contribution in [3.63, 3.8) is 0 Å². The van der Waals surface area contributed by atoms with Crippen molar-refractivity contribution in [1.29, 1.82) is 0 Å². The van der Waals surface area contributed by atoms with Crippen LogP contribution in [-0.4, -0.2) is 24.1 Å². The summed E-state index contributed by atoms with van der Waals surface area (Å²) in [6.45, 7) is 2.01. The van der Waals surface area contributed by atoms with Gasteiger partial charge in [0.1, 0.15) is 5.82 Å². The van der Waals surface area contributed by atoms with Gasteiger partial charge in [0.2, 0.25) is 0 Å². The Bertz CT molecular complexity index is 2000. The Kier molecular flexibility index (Phi) is 5.87. The van der Waals surface area contributed by atoms with E-state index in [-0.39, 0.29) is 21.1 Å². The maximum absolute atomic E-state index is 6.32. The standard InChI is InChI=1S/C32H19N6O.Pt/c1-2-10-27-26(9-1)32-35-17-18-36(32)21-37(27)22-7-5-8-23(19-22)39-24-13-14-25-29(20-24)38(30-12-3-4-15-33-30)28-11-6-16-34-31(25)28;/h1-18,21H;/q-3;. The second kappa shape index (κ2) is 9.70. The number of ether oxygens (including phenoxy) is 1. The number of fused-ring (bicyclic) bond motifs is 6. The quantitative estimate of drug-likeness (QED) is 0.187.